The molecule has 0 radical (unpaired) electrons. The number of halogens is 1. The van der Waals surface area contributed by atoms with Crippen LogP contribution in [0.3, 0.4) is 0 Å². The van der Waals surface area contributed by atoms with E-state index in [1.165, 1.54) is 55.5 Å². The summed E-state index contributed by atoms with van der Waals surface area (Å²) >= 11 is 0. The predicted molar refractivity (Wildman–Crippen MR) is 86.1 cm³/mol. The molecule has 0 aliphatic rings. The quantitative estimate of drug-likeness (QED) is 0.578. The summed E-state index contributed by atoms with van der Waals surface area (Å²) in [5, 5.41) is 25.9. The maximum atomic E-state index is 12.9. The van der Waals surface area contributed by atoms with Gasteiger partial charge in [-0.05, 0) is 36.8 Å². The Hall–Kier alpha value is -3.00. The molecule has 0 fully saturated rings. The standard InChI is InChI=1S/C16H16FN3O4/c1-16(22,11-2-4-12(17)5-3-11)10-18-15(21)19-13-6-8-14(9-7-13)20(23)24/h2-9,22H,10H2,1H3,(H2,18,19,21). The second-order valence-corrected chi connectivity index (χ2v) is 5.39. The predicted octanol–water partition coefficient (Wildman–Crippen LogP) is 2.76. The topological polar surface area (TPSA) is 104 Å². The van der Waals surface area contributed by atoms with Gasteiger partial charge in [-0.25, -0.2) is 9.18 Å². The van der Waals surface area contributed by atoms with Crippen molar-refractivity contribution in [1.29, 1.82) is 0 Å². The number of aliphatic hydroxyl groups is 1. The number of nitrogens with one attached hydrogen (secondary N) is 2. The summed E-state index contributed by atoms with van der Waals surface area (Å²) in [5.41, 5.74) is -0.625. The van der Waals surface area contributed by atoms with Crippen LogP contribution in [0, 0.1) is 15.9 Å². The number of carbonyl (C=O) groups is 1. The third-order valence-corrected chi connectivity index (χ3v) is 3.40. The third-order valence-electron chi connectivity index (χ3n) is 3.40. The highest BCUT2D eigenvalue weighted by Gasteiger charge is 2.23. The number of carbonyl (C=O) groups excluding carboxylic acids is 1. The van der Waals surface area contributed by atoms with E-state index in [4.69, 9.17) is 0 Å². The van der Waals surface area contributed by atoms with E-state index in [2.05, 4.69) is 10.6 Å². The van der Waals surface area contributed by atoms with Crippen molar-refractivity contribution in [3.8, 4) is 0 Å². The lowest BCUT2D eigenvalue weighted by Gasteiger charge is -2.24. The first-order valence-corrected chi connectivity index (χ1v) is 7.06. The van der Waals surface area contributed by atoms with Gasteiger partial charge in [-0.1, -0.05) is 12.1 Å². The van der Waals surface area contributed by atoms with Crippen LogP contribution >= 0.6 is 0 Å². The van der Waals surface area contributed by atoms with Crippen molar-refractivity contribution < 1.29 is 19.2 Å². The number of non-ortho nitro benzene ring substituents is 1. The summed E-state index contributed by atoms with van der Waals surface area (Å²) in [7, 11) is 0. The van der Waals surface area contributed by atoms with Crippen molar-refractivity contribution in [3.63, 3.8) is 0 Å². The molecule has 0 aliphatic heterocycles. The van der Waals surface area contributed by atoms with Crippen molar-refractivity contribution in [2.24, 2.45) is 0 Å². The second kappa shape index (κ2) is 7.05. The van der Waals surface area contributed by atoms with E-state index >= 15 is 0 Å². The fourth-order valence-electron chi connectivity index (χ4n) is 2.01. The first-order valence-electron chi connectivity index (χ1n) is 7.06. The minimum absolute atomic E-state index is 0.0831. The van der Waals surface area contributed by atoms with Crippen LogP contribution in [0.1, 0.15) is 12.5 Å². The van der Waals surface area contributed by atoms with Crippen LogP contribution in [-0.4, -0.2) is 22.6 Å². The van der Waals surface area contributed by atoms with Gasteiger partial charge in [-0.15, -0.1) is 0 Å². The molecule has 1 atom stereocenters. The van der Waals surface area contributed by atoms with Crippen molar-refractivity contribution in [2.75, 3.05) is 11.9 Å². The number of nitro groups is 1. The molecule has 2 rings (SSSR count). The average molecular weight is 333 g/mol. The Bertz CT molecular complexity index is 730. The largest absolute Gasteiger partial charge is 0.384 e. The van der Waals surface area contributed by atoms with Gasteiger partial charge in [0.25, 0.3) is 5.69 Å². The molecule has 24 heavy (non-hydrogen) atoms. The van der Waals surface area contributed by atoms with Crippen molar-refractivity contribution in [2.45, 2.75) is 12.5 Å². The molecular weight excluding hydrogens is 317 g/mol. The molecule has 2 amide bonds. The molecule has 0 spiro atoms. The van der Waals surface area contributed by atoms with Crippen molar-refractivity contribution >= 4 is 17.4 Å². The molecular formula is C16H16FN3O4. The molecule has 0 bridgehead atoms. The summed E-state index contributed by atoms with van der Waals surface area (Å²) in [6.45, 7) is 1.39. The van der Waals surface area contributed by atoms with Crippen LogP contribution < -0.4 is 10.6 Å². The van der Waals surface area contributed by atoms with E-state index in [9.17, 15) is 24.4 Å². The minimum Gasteiger partial charge on any atom is -0.384 e. The lowest BCUT2D eigenvalue weighted by atomic mass is 9.96. The molecule has 0 aromatic heterocycles. The van der Waals surface area contributed by atoms with Crippen LogP contribution in [0.4, 0.5) is 20.6 Å². The number of nitro benzene ring substituents is 1. The summed E-state index contributed by atoms with van der Waals surface area (Å²) in [6, 6.07) is 10.1. The first-order chi connectivity index (χ1) is 11.3. The Balaban J connectivity index is 1.92. The number of hydrogen-bond acceptors (Lipinski definition) is 4. The van der Waals surface area contributed by atoms with E-state index in [-0.39, 0.29) is 12.2 Å². The molecule has 0 aliphatic carbocycles. The first kappa shape index (κ1) is 17.4. The molecule has 7 nitrogen and oxygen atoms in total. The fraction of sp³-hybridized carbons (Fsp3) is 0.188. The molecule has 8 heteroatoms. The number of nitrogens with zero attached hydrogens (tertiary/aromatic N) is 1. The Kier molecular flexibility index (Phi) is 5.10. The highest BCUT2D eigenvalue weighted by molar-refractivity contribution is 5.89. The Labute approximate surface area is 137 Å². The number of anilines is 1. The minimum atomic E-state index is -1.37. The number of urea groups is 1. The van der Waals surface area contributed by atoms with Crippen molar-refractivity contribution in [1.82, 2.24) is 5.32 Å². The molecule has 2 aromatic rings. The average Bonchev–Trinajstić information content (AvgIpc) is 2.54. The second-order valence-electron chi connectivity index (χ2n) is 5.39. The van der Waals surface area contributed by atoms with Gasteiger partial charge in [0.1, 0.15) is 11.4 Å². The van der Waals surface area contributed by atoms with Gasteiger partial charge in [0.2, 0.25) is 0 Å². The van der Waals surface area contributed by atoms with Crippen molar-refractivity contribution in [3.05, 3.63) is 70.0 Å². The number of rotatable bonds is 5. The van der Waals surface area contributed by atoms with Gasteiger partial charge in [0.15, 0.2) is 0 Å². The zero-order valence-corrected chi connectivity index (χ0v) is 12.8. The lowest BCUT2D eigenvalue weighted by molar-refractivity contribution is -0.384. The van der Waals surface area contributed by atoms with E-state index < -0.39 is 22.4 Å². The maximum absolute atomic E-state index is 12.9. The van der Waals surface area contributed by atoms with E-state index in [1.54, 1.807) is 0 Å². The highest BCUT2D eigenvalue weighted by atomic mass is 19.1. The maximum Gasteiger partial charge on any atom is 0.319 e. The van der Waals surface area contributed by atoms with Crippen LogP contribution in [-0.2, 0) is 5.60 Å². The Morgan fingerprint density at radius 3 is 2.33 bits per heavy atom. The van der Waals surface area contributed by atoms with E-state index in [0.29, 0.717) is 11.3 Å². The number of amides is 2. The SMILES string of the molecule is CC(O)(CNC(=O)Nc1ccc([N+](=O)[O-])cc1)c1ccc(F)cc1. The fourth-order valence-corrected chi connectivity index (χ4v) is 2.01. The lowest BCUT2D eigenvalue weighted by Crippen LogP contribution is -2.40. The summed E-state index contributed by atoms with van der Waals surface area (Å²) in [5.74, 6) is -0.418. The van der Waals surface area contributed by atoms with Crippen LogP contribution in [0.15, 0.2) is 48.5 Å². The molecule has 0 saturated carbocycles. The molecule has 0 saturated heterocycles. The summed E-state index contributed by atoms with van der Waals surface area (Å²) in [4.78, 5) is 21.9. The van der Waals surface area contributed by atoms with Gasteiger partial charge in [-0.3, -0.25) is 10.1 Å². The van der Waals surface area contributed by atoms with Gasteiger partial charge in [-0.2, -0.15) is 0 Å². The molecule has 0 heterocycles. The monoisotopic (exact) mass is 333 g/mol. The number of hydrogen-bond donors (Lipinski definition) is 3. The zero-order valence-electron chi connectivity index (χ0n) is 12.8. The van der Waals surface area contributed by atoms with Gasteiger partial charge >= 0.3 is 6.03 Å². The molecule has 3 N–H and O–H groups in total. The van der Waals surface area contributed by atoms with Crippen LogP contribution in [0.25, 0.3) is 0 Å². The summed E-state index contributed by atoms with van der Waals surface area (Å²) in [6.07, 6.45) is 0. The zero-order chi connectivity index (χ0) is 17.7. The normalized spacial score (nSPS) is 13.0. The van der Waals surface area contributed by atoms with E-state index in [0.717, 1.165) is 0 Å². The van der Waals surface area contributed by atoms with E-state index in [1.807, 2.05) is 0 Å². The molecule has 1 unspecified atom stereocenters. The smallest absolute Gasteiger partial charge is 0.319 e. The van der Waals surface area contributed by atoms with Gasteiger partial charge in [0, 0.05) is 17.8 Å². The Morgan fingerprint density at radius 2 is 1.79 bits per heavy atom. The van der Waals surface area contributed by atoms with Crippen LogP contribution in [0.2, 0.25) is 0 Å². The molecule has 2 aromatic carbocycles. The Morgan fingerprint density at radius 1 is 1.21 bits per heavy atom. The number of benzene rings is 2. The highest BCUT2D eigenvalue weighted by Crippen LogP contribution is 2.20. The third kappa shape index (κ3) is 4.50. The van der Waals surface area contributed by atoms with Gasteiger partial charge in [0.05, 0.1) is 11.5 Å². The van der Waals surface area contributed by atoms with Crippen LogP contribution in [0.5, 0.6) is 0 Å². The summed E-state index contributed by atoms with van der Waals surface area (Å²) < 4.78 is 12.9. The molecule has 126 valence electrons. The van der Waals surface area contributed by atoms with Gasteiger partial charge < -0.3 is 15.7 Å².